The molecule has 1 amide bonds. The summed E-state index contributed by atoms with van der Waals surface area (Å²) in [7, 11) is -2.58. The molecule has 0 saturated heterocycles. The summed E-state index contributed by atoms with van der Waals surface area (Å²) in [5.74, 6) is -0.456. The molecule has 0 aliphatic carbocycles. The fraction of sp³-hybridized carbons (Fsp3) is 0.400. The lowest BCUT2D eigenvalue weighted by Crippen LogP contribution is -2.48. The number of rotatable bonds is 6. The number of allylic oxidation sites excluding steroid dienone is 1. The molecule has 0 spiro atoms. The number of ether oxygens (including phenoxy) is 1. The van der Waals surface area contributed by atoms with Crippen LogP contribution in [0.2, 0.25) is 0 Å². The molecule has 0 aliphatic rings. The van der Waals surface area contributed by atoms with Gasteiger partial charge in [0.05, 0.1) is 12.0 Å². The number of carbonyl (C=O) groups excluding carboxylic acids is 1. The molecule has 1 aromatic carbocycles. The van der Waals surface area contributed by atoms with Gasteiger partial charge in [-0.1, -0.05) is 26.0 Å². The summed E-state index contributed by atoms with van der Waals surface area (Å²) >= 11 is 0. The molecule has 22 heavy (non-hydrogen) atoms. The lowest BCUT2D eigenvalue weighted by Gasteiger charge is -2.24. The predicted octanol–water partition coefficient (Wildman–Crippen LogP) is 1.95. The van der Waals surface area contributed by atoms with Crippen molar-refractivity contribution in [2.75, 3.05) is 7.11 Å². The number of carbonyl (C=O) groups is 1. The summed E-state index contributed by atoms with van der Waals surface area (Å²) in [5, 5.41) is 8.91. The molecule has 6 nitrogen and oxygen atoms in total. The zero-order valence-corrected chi connectivity index (χ0v) is 13.8. The van der Waals surface area contributed by atoms with Crippen LogP contribution in [0.15, 0.2) is 41.3 Å². The molecule has 0 heterocycles. The molecule has 2 N–H and O–H groups in total. The lowest BCUT2D eigenvalue weighted by atomic mass is 10.1. The summed E-state index contributed by atoms with van der Waals surface area (Å²) < 4.78 is 28.7. The van der Waals surface area contributed by atoms with Gasteiger partial charge in [0.1, 0.15) is 5.75 Å². The van der Waals surface area contributed by atoms with E-state index < -0.39 is 20.5 Å². The minimum absolute atomic E-state index is 0.0344. The van der Waals surface area contributed by atoms with E-state index in [2.05, 4.69) is 0 Å². The van der Waals surface area contributed by atoms with Gasteiger partial charge in [0.2, 0.25) is 0 Å². The maximum Gasteiger partial charge on any atom is 0.268 e. The molecule has 0 saturated carbocycles. The van der Waals surface area contributed by atoms with E-state index in [0.29, 0.717) is 5.75 Å². The van der Waals surface area contributed by atoms with Gasteiger partial charge in [0.25, 0.3) is 5.91 Å². The van der Waals surface area contributed by atoms with Crippen molar-refractivity contribution in [3.05, 3.63) is 36.4 Å². The normalized spacial score (nSPS) is 14.8. The Kier molecular flexibility index (Phi) is 5.73. The van der Waals surface area contributed by atoms with Crippen LogP contribution in [0.3, 0.4) is 0 Å². The van der Waals surface area contributed by atoms with Crippen molar-refractivity contribution < 1.29 is 23.2 Å². The summed E-state index contributed by atoms with van der Waals surface area (Å²) in [6.45, 7) is 4.96. The highest BCUT2D eigenvalue weighted by atomic mass is 32.2. The third kappa shape index (κ3) is 3.48. The van der Waals surface area contributed by atoms with Crippen molar-refractivity contribution in [1.82, 2.24) is 5.48 Å². The fourth-order valence-electron chi connectivity index (χ4n) is 1.77. The van der Waals surface area contributed by atoms with Crippen molar-refractivity contribution in [3.63, 3.8) is 0 Å². The number of amides is 1. The van der Waals surface area contributed by atoms with Crippen molar-refractivity contribution in [2.24, 2.45) is 5.92 Å². The highest BCUT2D eigenvalue weighted by Gasteiger charge is 2.45. The molecule has 0 aromatic heterocycles. The van der Waals surface area contributed by atoms with Gasteiger partial charge in [-0.2, -0.15) is 0 Å². The van der Waals surface area contributed by atoms with Crippen LogP contribution in [0.25, 0.3) is 0 Å². The average molecular weight is 327 g/mol. The van der Waals surface area contributed by atoms with Crippen LogP contribution in [-0.2, 0) is 14.6 Å². The quantitative estimate of drug-likeness (QED) is 0.473. The SMILES string of the molecule is COc1ccc(S(=O)(=O)C(C)(C=CC(C)C)C(=O)NO)cc1. The number of benzene rings is 1. The molecule has 1 atom stereocenters. The van der Waals surface area contributed by atoms with Gasteiger partial charge in [-0.05, 0) is 37.1 Å². The van der Waals surface area contributed by atoms with Crippen LogP contribution in [0.1, 0.15) is 20.8 Å². The second kappa shape index (κ2) is 6.93. The Hall–Kier alpha value is -1.86. The maximum absolute atomic E-state index is 12.8. The first-order valence-electron chi connectivity index (χ1n) is 6.71. The van der Waals surface area contributed by atoms with Gasteiger partial charge in [0.15, 0.2) is 14.6 Å². The van der Waals surface area contributed by atoms with E-state index in [9.17, 15) is 13.2 Å². The van der Waals surface area contributed by atoms with Gasteiger partial charge in [-0.3, -0.25) is 10.0 Å². The summed E-state index contributed by atoms with van der Waals surface area (Å²) in [5.41, 5.74) is 1.43. The first-order chi connectivity index (χ1) is 10.2. The lowest BCUT2D eigenvalue weighted by molar-refractivity contribution is -0.130. The van der Waals surface area contributed by atoms with E-state index in [1.165, 1.54) is 49.9 Å². The Morgan fingerprint density at radius 1 is 1.32 bits per heavy atom. The highest BCUT2D eigenvalue weighted by Crippen LogP contribution is 2.29. The second-order valence-electron chi connectivity index (χ2n) is 5.33. The molecule has 1 aromatic rings. The van der Waals surface area contributed by atoms with Crippen molar-refractivity contribution in [3.8, 4) is 5.75 Å². The Morgan fingerprint density at radius 3 is 2.27 bits per heavy atom. The molecule has 0 bridgehead atoms. The minimum Gasteiger partial charge on any atom is -0.497 e. The molecule has 1 rings (SSSR count). The van der Waals surface area contributed by atoms with E-state index in [1.54, 1.807) is 6.08 Å². The summed E-state index contributed by atoms with van der Waals surface area (Å²) in [4.78, 5) is 11.9. The van der Waals surface area contributed by atoms with Crippen LogP contribution in [0, 0.1) is 5.92 Å². The number of hydrogen-bond acceptors (Lipinski definition) is 5. The average Bonchev–Trinajstić information content (AvgIpc) is 2.51. The number of nitrogens with one attached hydrogen (secondary N) is 1. The largest absolute Gasteiger partial charge is 0.497 e. The second-order valence-corrected chi connectivity index (χ2v) is 7.66. The highest BCUT2D eigenvalue weighted by molar-refractivity contribution is 7.93. The van der Waals surface area contributed by atoms with Crippen LogP contribution in [0.5, 0.6) is 5.75 Å². The van der Waals surface area contributed by atoms with Gasteiger partial charge in [-0.15, -0.1) is 0 Å². The van der Waals surface area contributed by atoms with Crippen molar-refractivity contribution in [1.29, 1.82) is 0 Å². The Labute approximate surface area is 130 Å². The van der Waals surface area contributed by atoms with E-state index in [4.69, 9.17) is 9.94 Å². The first-order valence-corrected chi connectivity index (χ1v) is 8.20. The van der Waals surface area contributed by atoms with Gasteiger partial charge >= 0.3 is 0 Å². The number of sulfone groups is 1. The van der Waals surface area contributed by atoms with Gasteiger partial charge in [0, 0.05) is 0 Å². The van der Waals surface area contributed by atoms with E-state index in [-0.39, 0.29) is 10.8 Å². The zero-order chi connectivity index (χ0) is 17.0. The molecule has 0 radical (unpaired) electrons. The smallest absolute Gasteiger partial charge is 0.268 e. The molecular weight excluding hydrogens is 306 g/mol. The van der Waals surface area contributed by atoms with Crippen LogP contribution in [-0.4, -0.2) is 31.4 Å². The molecule has 0 aliphatic heterocycles. The van der Waals surface area contributed by atoms with E-state index in [1.807, 2.05) is 13.8 Å². The van der Waals surface area contributed by atoms with Crippen LogP contribution in [0.4, 0.5) is 0 Å². The summed E-state index contributed by atoms with van der Waals surface area (Å²) in [6, 6.07) is 5.72. The third-order valence-electron chi connectivity index (χ3n) is 3.28. The first kappa shape index (κ1) is 18.2. The Morgan fingerprint density at radius 2 is 1.86 bits per heavy atom. The molecule has 7 heteroatoms. The minimum atomic E-state index is -4.05. The van der Waals surface area contributed by atoms with Gasteiger partial charge < -0.3 is 4.74 Å². The van der Waals surface area contributed by atoms with Crippen LogP contribution >= 0.6 is 0 Å². The third-order valence-corrected chi connectivity index (χ3v) is 5.61. The van der Waals surface area contributed by atoms with Crippen molar-refractivity contribution >= 4 is 15.7 Å². The van der Waals surface area contributed by atoms with E-state index >= 15 is 0 Å². The standard InChI is InChI=1S/C15H21NO5S/c1-11(2)9-10-15(3,14(17)16-18)22(19,20)13-7-5-12(21-4)6-8-13/h5-11,18H,1-4H3,(H,16,17). The number of methoxy groups -OCH3 is 1. The molecule has 122 valence electrons. The van der Waals surface area contributed by atoms with Crippen molar-refractivity contribution in [2.45, 2.75) is 30.4 Å². The van der Waals surface area contributed by atoms with Gasteiger partial charge in [-0.25, -0.2) is 13.9 Å². The Balaban J connectivity index is 3.41. The van der Waals surface area contributed by atoms with Crippen LogP contribution < -0.4 is 10.2 Å². The molecule has 1 unspecified atom stereocenters. The predicted molar refractivity (Wildman–Crippen MR) is 82.5 cm³/mol. The zero-order valence-electron chi connectivity index (χ0n) is 13.0. The Bertz CT molecular complexity index is 649. The summed E-state index contributed by atoms with van der Waals surface area (Å²) in [6.07, 6.45) is 2.90. The molecule has 0 fully saturated rings. The van der Waals surface area contributed by atoms with E-state index in [0.717, 1.165) is 0 Å². The maximum atomic E-state index is 12.8. The number of hydroxylamine groups is 1. The number of hydrogen-bond donors (Lipinski definition) is 2. The fourth-order valence-corrected chi connectivity index (χ4v) is 3.31. The molecular formula is C15H21NO5S. The monoisotopic (exact) mass is 327 g/mol. The topological polar surface area (TPSA) is 92.7 Å².